The number of halogens is 1. The zero-order chi connectivity index (χ0) is 26.7. The van der Waals surface area contributed by atoms with Gasteiger partial charge in [-0.3, -0.25) is 14.5 Å². The van der Waals surface area contributed by atoms with Gasteiger partial charge in [-0.15, -0.1) is 16.7 Å². The van der Waals surface area contributed by atoms with E-state index in [2.05, 4.69) is 20.5 Å². The number of carbonyl (C=O) groups excluding carboxylic acids is 2. The van der Waals surface area contributed by atoms with Crippen molar-refractivity contribution in [2.75, 3.05) is 23.8 Å². The first-order valence-electron chi connectivity index (χ1n) is 10.6. The number of anilines is 1. The maximum Gasteiger partial charge on any atom is 0.353 e. The minimum atomic E-state index is -1.51. The van der Waals surface area contributed by atoms with Crippen molar-refractivity contribution in [3.63, 3.8) is 0 Å². The molecule has 37 heavy (non-hydrogen) atoms. The Morgan fingerprint density at radius 1 is 1.38 bits per heavy atom. The molecular formula is C20H20ClN7O5S4. The number of amides is 2. The average molecular weight is 602 g/mol. The second-order valence-electron chi connectivity index (χ2n) is 7.61. The molecule has 2 aliphatic heterocycles. The Morgan fingerprint density at radius 3 is 2.84 bits per heavy atom. The minimum absolute atomic E-state index is 0.0425. The summed E-state index contributed by atoms with van der Waals surface area (Å²) in [5, 5.41) is 14.6. The zero-order valence-electron chi connectivity index (χ0n) is 18.8. The summed E-state index contributed by atoms with van der Waals surface area (Å²) in [5.74, 6) is -1.000. The molecule has 2 aromatic heterocycles. The van der Waals surface area contributed by atoms with Gasteiger partial charge in [-0.05, 0) is 17.3 Å². The Balaban J connectivity index is 1.51. The van der Waals surface area contributed by atoms with Gasteiger partial charge in [0.25, 0.3) is 11.8 Å². The number of carboxylic acids is 1. The third kappa shape index (κ3) is 5.88. The Hall–Kier alpha value is -2.37. The average Bonchev–Trinajstić information content (AvgIpc) is 3.21. The smallest absolute Gasteiger partial charge is 0.353 e. The van der Waals surface area contributed by atoms with Crippen LogP contribution in [0.2, 0.25) is 4.47 Å². The number of carbonyl (C=O) groups is 3. The maximum atomic E-state index is 13.0. The number of pyridine rings is 1. The number of nitroso groups, excluding NO2 is 1. The molecule has 0 aliphatic carbocycles. The number of rotatable bonds is 11. The number of aliphatic carboxylic acids is 1. The van der Waals surface area contributed by atoms with Crippen LogP contribution in [0.5, 0.6) is 0 Å². The van der Waals surface area contributed by atoms with E-state index in [-0.39, 0.29) is 23.0 Å². The van der Waals surface area contributed by atoms with Crippen molar-refractivity contribution in [3.8, 4) is 0 Å². The van der Waals surface area contributed by atoms with Gasteiger partial charge in [0.15, 0.2) is 4.47 Å². The van der Waals surface area contributed by atoms with Gasteiger partial charge in [0.05, 0.1) is 15.6 Å². The van der Waals surface area contributed by atoms with Crippen LogP contribution in [0.15, 0.2) is 38.2 Å². The van der Waals surface area contributed by atoms with Gasteiger partial charge in [0, 0.05) is 28.7 Å². The third-order valence-electron chi connectivity index (χ3n) is 5.21. The summed E-state index contributed by atoms with van der Waals surface area (Å²) in [6, 6.07) is 1.91. The Bertz CT molecular complexity index is 1280. The molecule has 4 heterocycles. The molecule has 0 aromatic carbocycles. The number of thiazole rings is 1. The number of thioether (sulfide) groups is 3. The number of nitrogens with two attached hydrogens (primary N) is 2. The summed E-state index contributed by atoms with van der Waals surface area (Å²) in [6.45, 7) is 0.520. The molecule has 196 valence electrons. The van der Waals surface area contributed by atoms with Crippen LogP contribution in [0.4, 0.5) is 5.82 Å². The van der Waals surface area contributed by atoms with Crippen molar-refractivity contribution in [2.45, 2.75) is 27.4 Å². The topological polar surface area (TPSA) is 194 Å². The number of nitrogens with zero attached hydrogens (tertiary/aromatic N) is 4. The van der Waals surface area contributed by atoms with Gasteiger partial charge >= 0.3 is 5.97 Å². The fraction of sp³-hybridized carbons (Fsp3) is 0.350. The second-order valence-corrected chi connectivity index (χ2v) is 12.8. The van der Waals surface area contributed by atoms with Crippen molar-refractivity contribution in [2.24, 2.45) is 10.9 Å². The van der Waals surface area contributed by atoms with Crippen LogP contribution >= 0.6 is 58.2 Å². The lowest BCUT2D eigenvalue weighted by Crippen LogP contribution is -2.70. The van der Waals surface area contributed by atoms with Crippen LogP contribution in [0.1, 0.15) is 17.4 Å². The van der Waals surface area contributed by atoms with Gasteiger partial charge in [0.2, 0.25) is 6.04 Å². The first-order valence-corrected chi connectivity index (χ1v) is 14.8. The quantitative estimate of drug-likeness (QED) is 0.167. The molecule has 0 saturated carbocycles. The molecule has 4 rings (SSSR count). The lowest BCUT2D eigenvalue weighted by molar-refractivity contribution is -0.150. The van der Waals surface area contributed by atoms with E-state index < -0.39 is 35.2 Å². The number of fused-ring (bicyclic) bond motifs is 1. The highest BCUT2D eigenvalue weighted by atomic mass is 35.5. The van der Waals surface area contributed by atoms with Crippen LogP contribution in [0.3, 0.4) is 0 Å². The number of β-lactam (4-membered cyclic amide) rings is 1. The van der Waals surface area contributed by atoms with Gasteiger partial charge in [0.1, 0.15) is 22.9 Å². The number of nitrogens with one attached hydrogen (secondary N) is 1. The highest BCUT2D eigenvalue weighted by Gasteiger charge is 2.55. The lowest BCUT2D eigenvalue weighted by Gasteiger charge is -2.49. The molecule has 17 heteroatoms. The van der Waals surface area contributed by atoms with Crippen LogP contribution in [-0.2, 0) is 20.1 Å². The van der Waals surface area contributed by atoms with Gasteiger partial charge in [-0.2, -0.15) is 11.8 Å². The van der Waals surface area contributed by atoms with E-state index in [0.29, 0.717) is 21.7 Å². The largest absolute Gasteiger partial charge is 0.477 e. The Labute approximate surface area is 232 Å². The Morgan fingerprint density at radius 2 is 2.16 bits per heavy atom. The normalized spacial score (nSPS) is 19.7. The monoisotopic (exact) mass is 601 g/mol. The van der Waals surface area contributed by atoms with Crippen LogP contribution < -0.4 is 16.8 Å². The molecule has 1 unspecified atom stereocenters. The van der Waals surface area contributed by atoms with E-state index in [9.17, 15) is 24.4 Å². The van der Waals surface area contributed by atoms with Gasteiger partial charge < -0.3 is 21.9 Å². The highest BCUT2D eigenvalue weighted by molar-refractivity contribution is 8.07. The van der Waals surface area contributed by atoms with Crippen molar-refractivity contribution in [3.05, 3.63) is 49.6 Å². The van der Waals surface area contributed by atoms with E-state index in [1.54, 1.807) is 11.8 Å². The zero-order valence-corrected chi connectivity index (χ0v) is 22.8. The molecule has 3 atom stereocenters. The molecule has 0 radical (unpaired) electrons. The SMILES string of the molecule is NCCSCc1nc(Cl)sc1SC1=C(C(=O)O)N2C(=O)[C@@H](NC(=O)C(N=O)c3cccc(N)n3)[C@@H]2SC1. The van der Waals surface area contributed by atoms with E-state index in [1.807, 2.05) is 0 Å². The molecule has 6 N–H and O–H groups in total. The van der Waals surface area contributed by atoms with Gasteiger partial charge in [-0.25, -0.2) is 14.8 Å². The first-order chi connectivity index (χ1) is 17.7. The van der Waals surface area contributed by atoms with Crippen molar-refractivity contribution < 1.29 is 19.5 Å². The van der Waals surface area contributed by atoms with E-state index in [4.69, 9.17) is 23.1 Å². The van der Waals surface area contributed by atoms with Crippen LogP contribution in [0.25, 0.3) is 0 Å². The third-order valence-corrected chi connectivity index (χ3v) is 10.2. The molecule has 0 bridgehead atoms. The summed E-state index contributed by atoms with van der Waals surface area (Å²) in [6.07, 6.45) is 0. The molecule has 2 aromatic rings. The van der Waals surface area contributed by atoms with Crippen molar-refractivity contribution >= 4 is 81.8 Å². The molecule has 0 spiro atoms. The summed E-state index contributed by atoms with van der Waals surface area (Å²) in [4.78, 5) is 59.2. The Kier molecular flexibility index (Phi) is 8.97. The number of hydrogen-bond donors (Lipinski definition) is 4. The molecular weight excluding hydrogens is 582 g/mol. The van der Waals surface area contributed by atoms with Crippen LogP contribution in [0, 0.1) is 4.91 Å². The van der Waals surface area contributed by atoms with Crippen molar-refractivity contribution in [1.29, 1.82) is 0 Å². The van der Waals surface area contributed by atoms with E-state index >= 15 is 0 Å². The molecule has 2 amide bonds. The van der Waals surface area contributed by atoms with E-state index in [0.717, 1.165) is 20.6 Å². The second kappa shape index (κ2) is 12.0. The summed E-state index contributed by atoms with van der Waals surface area (Å²) in [7, 11) is 0. The van der Waals surface area contributed by atoms with Crippen LogP contribution in [-0.4, -0.2) is 67.2 Å². The molecule has 2 aliphatic rings. The summed E-state index contributed by atoms with van der Waals surface area (Å²) in [5.41, 5.74) is 11.8. The lowest BCUT2D eigenvalue weighted by atomic mass is 10.0. The minimum Gasteiger partial charge on any atom is -0.477 e. The number of nitrogen functional groups attached to an aromatic ring is 1. The molecule has 1 saturated heterocycles. The number of hydrogen-bond acceptors (Lipinski definition) is 13. The predicted molar refractivity (Wildman–Crippen MR) is 145 cm³/mol. The van der Waals surface area contributed by atoms with Crippen molar-refractivity contribution in [1.82, 2.24) is 20.2 Å². The predicted octanol–water partition coefficient (Wildman–Crippen LogP) is 2.26. The first kappa shape index (κ1) is 27.7. The van der Waals surface area contributed by atoms with Gasteiger partial charge in [-0.1, -0.05) is 40.8 Å². The molecule has 1 fully saturated rings. The molecule has 12 nitrogen and oxygen atoms in total. The highest BCUT2D eigenvalue weighted by Crippen LogP contribution is 2.47. The fourth-order valence-electron chi connectivity index (χ4n) is 3.60. The summed E-state index contributed by atoms with van der Waals surface area (Å²) >= 11 is 11.5. The fourth-order valence-corrected chi connectivity index (χ4v) is 8.60. The number of aromatic nitrogens is 2. The number of carboxylic acid groups (broad SMARTS) is 1. The standard InChI is InChI=1S/C20H20ClN7O5S4/c21-20-25-9(6-34-5-4-22)19(37-20)36-10-7-35-17-13(16(30)28(17)14(10)18(31)32)26-15(29)12(27-33)8-2-1-3-11(23)24-8/h1-3,12-13,17H,4-7,22H2,(H2,23,24)(H,26,29)(H,31,32)/t12?,13-,17+/m1/s1. The summed E-state index contributed by atoms with van der Waals surface area (Å²) < 4.78 is 1.08. The maximum absolute atomic E-state index is 13.0. The van der Waals surface area contributed by atoms with E-state index in [1.165, 1.54) is 53.1 Å².